The fourth-order valence-corrected chi connectivity index (χ4v) is 8.17. The van der Waals surface area contributed by atoms with Gasteiger partial charge in [0.1, 0.15) is 49.0 Å². The highest BCUT2D eigenvalue weighted by atomic mass is 19.1. The monoisotopic (exact) mass is 1050 g/mol. The summed E-state index contributed by atoms with van der Waals surface area (Å²) in [5.74, 6) is -9.81. The maximum Gasteiger partial charge on any atom is 0.254 e. The van der Waals surface area contributed by atoms with Gasteiger partial charge in [0.25, 0.3) is 17.7 Å². The maximum atomic E-state index is 15.4. The van der Waals surface area contributed by atoms with Gasteiger partial charge in [-0.25, -0.2) is 8.78 Å². The highest BCUT2D eigenvalue weighted by Crippen LogP contribution is 2.41. The van der Waals surface area contributed by atoms with Crippen LogP contribution in [0, 0.1) is 17.0 Å². The van der Waals surface area contributed by atoms with E-state index in [1.54, 1.807) is 37.6 Å². The van der Waals surface area contributed by atoms with Gasteiger partial charge in [0.05, 0.1) is 12.5 Å². The lowest BCUT2D eigenvalue weighted by Crippen LogP contribution is -2.58. The molecule has 0 fully saturated rings. The molecular weight excluding hydrogens is 993 g/mol. The quantitative estimate of drug-likeness (QED) is 0.0333. The highest BCUT2D eigenvalue weighted by Gasteiger charge is 2.39. The number of carbonyl (C=O) groups excluding carboxylic acids is 10. The number of aromatic nitrogens is 2. The van der Waals surface area contributed by atoms with Crippen molar-refractivity contribution in [3.05, 3.63) is 126 Å². The fourth-order valence-electron chi connectivity index (χ4n) is 8.17. The van der Waals surface area contributed by atoms with Gasteiger partial charge in [-0.2, -0.15) is 0 Å². The van der Waals surface area contributed by atoms with Crippen LogP contribution in [0.25, 0.3) is 11.1 Å². The summed E-state index contributed by atoms with van der Waals surface area (Å²) in [7, 11) is 0. The number of nitrogens with one attached hydrogen (secondary N) is 6. The Morgan fingerprint density at radius 2 is 1.38 bits per heavy atom. The molecule has 0 saturated carbocycles. The molecule has 0 spiro atoms. The molecule has 4 aromatic rings. The second kappa shape index (κ2) is 26.5. The van der Waals surface area contributed by atoms with Crippen molar-refractivity contribution in [1.29, 1.82) is 0 Å². The zero-order valence-corrected chi connectivity index (χ0v) is 42.4. The zero-order chi connectivity index (χ0) is 55.9. The zero-order valence-electron chi connectivity index (χ0n) is 42.4. The Bertz CT molecular complexity index is 2820. The number of carbonyl (C=O) groups is 10. The summed E-state index contributed by atoms with van der Waals surface area (Å²) in [5.41, 5.74) is 6.23. The van der Waals surface area contributed by atoms with Gasteiger partial charge in [-0.3, -0.25) is 57.8 Å². The average molecular weight is 1050 g/mol. The van der Waals surface area contributed by atoms with Gasteiger partial charge in [0.2, 0.25) is 41.4 Å². The van der Waals surface area contributed by atoms with Crippen LogP contribution in [0.5, 0.6) is 0 Å². The Morgan fingerprint density at radius 1 is 0.763 bits per heavy atom. The van der Waals surface area contributed by atoms with Crippen LogP contribution < -0.4 is 37.6 Å². The molecule has 24 heteroatoms. The predicted octanol–water partition coefficient (Wildman–Crippen LogP) is 0.500. The van der Waals surface area contributed by atoms with E-state index < -0.39 is 132 Å². The first-order valence-electron chi connectivity index (χ1n) is 24.0. The third-order valence-electron chi connectivity index (χ3n) is 11.9. The predicted molar refractivity (Wildman–Crippen MR) is 269 cm³/mol. The van der Waals surface area contributed by atoms with Crippen molar-refractivity contribution in [3.8, 4) is 11.1 Å². The molecule has 2 aromatic carbocycles. The second-order valence-corrected chi connectivity index (χ2v) is 18.9. The number of aliphatic hydroxyl groups is 1. The molecule has 1 aliphatic heterocycles. The lowest BCUT2D eigenvalue weighted by Gasteiger charge is -2.41. The summed E-state index contributed by atoms with van der Waals surface area (Å²) in [5, 5.41) is 25.3. The number of imide groups is 1. The first-order valence-corrected chi connectivity index (χ1v) is 24.0. The number of rotatable bonds is 25. The second-order valence-electron chi connectivity index (χ2n) is 18.9. The van der Waals surface area contributed by atoms with E-state index >= 15 is 4.39 Å². The fraction of sp³-hybridized carbons (Fsp3) is 0.365. The van der Waals surface area contributed by atoms with E-state index in [1.807, 2.05) is 30.3 Å². The number of nitrogens with zero attached hydrogens (tertiary/aromatic N) is 4. The van der Waals surface area contributed by atoms with Gasteiger partial charge in [-0.15, -0.1) is 0 Å². The lowest BCUT2D eigenvalue weighted by atomic mass is 9.82. The lowest BCUT2D eigenvalue weighted by molar-refractivity contribution is -0.141. The van der Waals surface area contributed by atoms with Crippen LogP contribution in [0.2, 0.25) is 0 Å². The molecule has 10 amide bonds. The minimum atomic E-state index is -1.76. The number of halogens is 2. The number of hydrogen-bond acceptors (Lipinski definition) is 12. The number of primary amides is 1. The van der Waals surface area contributed by atoms with E-state index in [1.165, 1.54) is 43.3 Å². The molecule has 9 N–H and O–H groups in total. The van der Waals surface area contributed by atoms with Crippen LogP contribution in [0.4, 0.5) is 8.78 Å². The minimum absolute atomic E-state index is 0.0687. The molecule has 76 heavy (non-hydrogen) atoms. The molecule has 0 saturated heterocycles. The first kappa shape index (κ1) is 58.2. The van der Waals surface area contributed by atoms with E-state index in [4.69, 9.17) is 5.73 Å². The van der Waals surface area contributed by atoms with Crippen LogP contribution in [-0.4, -0.2) is 140 Å². The van der Waals surface area contributed by atoms with Crippen molar-refractivity contribution in [2.75, 3.05) is 32.8 Å². The van der Waals surface area contributed by atoms with E-state index in [2.05, 4.69) is 36.9 Å². The summed E-state index contributed by atoms with van der Waals surface area (Å²) >= 11 is 0. The van der Waals surface area contributed by atoms with Crippen molar-refractivity contribution in [2.45, 2.75) is 84.2 Å². The molecule has 5 atom stereocenters. The average Bonchev–Trinajstić information content (AvgIpc) is 3.93. The first-order chi connectivity index (χ1) is 36.0. The van der Waals surface area contributed by atoms with Gasteiger partial charge in [0, 0.05) is 79.3 Å². The smallest absolute Gasteiger partial charge is 0.254 e. The van der Waals surface area contributed by atoms with E-state index in [0.29, 0.717) is 10.6 Å². The Kier molecular flexibility index (Phi) is 20.3. The normalized spacial score (nSPS) is 14.1. The van der Waals surface area contributed by atoms with Crippen LogP contribution in [-0.2, 0) is 49.7 Å². The van der Waals surface area contributed by atoms with Crippen LogP contribution in [0.3, 0.4) is 0 Å². The van der Waals surface area contributed by atoms with Gasteiger partial charge in [-0.05, 0) is 67.6 Å². The molecule has 0 aliphatic carbocycles. The number of pyridine rings is 1. The van der Waals surface area contributed by atoms with Gasteiger partial charge < -0.3 is 52.2 Å². The molecule has 2 aromatic heterocycles. The molecule has 0 radical (unpaired) electrons. The third-order valence-corrected chi connectivity index (χ3v) is 11.9. The van der Waals surface area contributed by atoms with Crippen molar-refractivity contribution < 1.29 is 61.8 Å². The van der Waals surface area contributed by atoms with Crippen LogP contribution in [0.15, 0.2) is 97.5 Å². The standard InChI is InChI=1S/C52H61F2N11O11/c1-30(60-49(74)33-15-18-56-19-16-33)47(72)59-31(2)48(73)62-39(25-41(55)67)51(76)61-38(50(75)58-21-20-57-42(68)28-65-43(69)13-14-44(65)70)17-22-64(45(71)29-66)46(52(3,4)5)40-23-34(36-24-35(53)11-12-37(36)54)27-63(40)26-32-9-7-6-8-10-32/h6-16,18-19,23-24,27,30-31,38-39,46,66H,17,20-22,25-26,28-29H2,1-5H3,(H2,55,67)(H,57,68)(H,58,75)(H,59,72)(H,60,74)(H,61,76)(H,62,73)/t30-,31-,38-,39-,46-/m0/s1. The Morgan fingerprint density at radius 3 is 2.01 bits per heavy atom. The number of hydrogen-bond donors (Lipinski definition) is 8. The number of benzene rings is 2. The molecule has 0 bridgehead atoms. The number of aliphatic hydroxyl groups excluding tert-OH is 1. The number of nitrogens with two attached hydrogens (primary N) is 1. The van der Waals surface area contributed by atoms with Crippen LogP contribution in [0.1, 0.15) is 75.1 Å². The highest BCUT2D eigenvalue weighted by molar-refractivity contribution is 6.14. The summed E-state index contributed by atoms with van der Waals surface area (Å²) in [6.45, 7) is 5.68. The summed E-state index contributed by atoms with van der Waals surface area (Å²) in [4.78, 5) is 136. The molecule has 3 heterocycles. The maximum absolute atomic E-state index is 15.4. The molecular formula is C52H61F2N11O11. The topological polar surface area (TPSA) is 313 Å². The summed E-state index contributed by atoms with van der Waals surface area (Å²) < 4.78 is 31.7. The Hall–Kier alpha value is -8.67. The van der Waals surface area contributed by atoms with E-state index in [9.17, 15) is 57.4 Å². The SMILES string of the molecule is C[C@H](NC(=O)c1ccncc1)C(=O)N[C@@H](C)C(=O)N[C@@H](CC(N)=O)C(=O)N[C@@H](CCN(C(=O)CO)[C@@H](c1cc(-c2cc(F)ccc2F)cn1Cc1ccccc1)C(C)(C)C)C(=O)NCCNC(=O)CN1C(=O)C=CC1=O. The Labute approximate surface area is 436 Å². The minimum Gasteiger partial charge on any atom is -0.387 e. The largest absolute Gasteiger partial charge is 0.387 e. The molecule has 22 nitrogen and oxygen atoms in total. The summed E-state index contributed by atoms with van der Waals surface area (Å²) in [6.07, 6.45) is 5.17. The molecule has 1 aliphatic rings. The molecule has 404 valence electrons. The summed E-state index contributed by atoms with van der Waals surface area (Å²) in [6, 6.07) is 9.72. The Balaban J connectivity index is 1.42. The van der Waals surface area contributed by atoms with Crippen LogP contribution >= 0.6 is 0 Å². The third kappa shape index (κ3) is 16.2. The van der Waals surface area contributed by atoms with Crippen molar-refractivity contribution in [1.82, 2.24) is 51.3 Å². The van der Waals surface area contributed by atoms with Gasteiger partial charge in [-0.1, -0.05) is 51.1 Å². The van der Waals surface area contributed by atoms with E-state index in [-0.39, 0.29) is 42.9 Å². The van der Waals surface area contributed by atoms with Gasteiger partial charge >= 0.3 is 0 Å². The van der Waals surface area contributed by atoms with Gasteiger partial charge in [0.15, 0.2) is 0 Å². The van der Waals surface area contributed by atoms with E-state index in [0.717, 1.165) is 35.9 Å². The van der Waals surface area contributed by atoms with Crippen molar-refractivity contribution in [3.63, 3.8) is 0 Å². The number of amides is 10. The van der Waals surface area contributed by atoms with Crippen molar-refractivity contribution in [2.24, 2.45) is 11.1 Å². The van der Waals surface area contributed by atoms with Crippen molar-refractivity contribution >= 4 is 59.1 Å². The molecule has 0 unspecified atom stereocenters. The molecule has 5 rings (SSSR count).